The van der Waals surface area contributed by atoms with Crippen molar-refractivity contribution in [3.05, 3.63) is 11.4 Å². The topological polar surface area (TPSA) is 9.23 Å². The molecule has 3 rings (SSSR count). The average molecular weight is 405 g/mol. The molecule has 0 amide bonds. The summed E-state index contributed by atoms with van der Waals surface area (Å²) in [6.07, 6.45) is 6.26. The molecule has 166 valence electrons. The molecule has 1 unspecified atom stereocenters. The van der Waals surface area contributed by atoms with Gasteiger partial charge in [-0.1, -0.05) is 54.4 Å². The summed E-state index contributed by atoms with van der Waals surface area (Å²) < 4.78 is 48.7. The Labute approximate surface area is 171 Å². The summed E-state index contributed by atoms with van der Waals surface area (Å²) in [4.78, 5) is 0. The zero-order valence-electron chi connectivity index (χ0n) is 16.4. The molecule has 0 aromatic carbocycles. The van der Waals surface area contributed by atoms with Crippen LogP contribution in [0, 0.1) is 23.7 Å². The van der Waals surface area contributed by atoms with Gasteiger partial charge in [0.05, 0.1) is 11.7 Å². The zero-order valence-corrected chi connectivity index (χ0v) is 16.4. The molecule has 0 N–H and O–H groups in total. The molecule has 0 saturated heterocycles. The second-order valence-electron chi connectivity index (χ2n) is 9.37. The van der Waals surface area contributed by atoms with E-state index in [1.807, 2.05) is 0 Å². The summed E-state index contributed by atoms with van der Waals surface area (Å²) in [5.74, 6) is 1.67. The molecule has 0 aromatic rings. The van der Waals surface area contributed by atoms with Crippen LogP contribution in [0.3, 0.4) is 0 Å². The molecule has 0 radical (unpaired) electrons. The maximum Gasteiger partial charge on any atom is 0.382 e. The lowest BCUT2D eigenvalue weighted by atomic mass is 9.75. The number of hydrogen-bond donors (Lipinski definition) is 0. The molecule has 0 bridgehead atoms. The number of alkyl halides is 2. The Morgan fingerprint density at radius 1 is 0.821 bits per heavy atom. The third-order valence-corrected chi connectivity index (χ3v) is 7.03. The quantitative estimate of drug-likeness (QED) is 0.445. The minimum Gasteiger partial charge on any atom is -0.313 e. The summed E-state index contributed by atoms with van der Waals surface area (Å²) in [5, 5.41) is 0. The summed E-state index contributed by atoms with van der Waals surface area (Å²) in [6.45, 7) is 4.44. The molecule has 2 saturated carbocycles. The van der Waals surface area contributed by atoms with Crippen molar-refractivity contribution in [1.29, 1.82) is 0 Å². The van der Waals surface area contributed by atoms with E-state index in [2.05, 4.69) is 13.8 Å². The van der Waals surface area contributed by atoms with Gasteiger partial charge in [0.15, 0.2) is 0 Å². The van der Waals surface area contributed by atoms with Gasteiger partial charge < -0.3 is 4.74 Å². The van der Waals surface area contributed by atoms with E-state index in [0.717, 1.165) is 25.2 Å². The lowest BCUT2D eigenvalue weighted by molar-refractivity contribution is -0.244. The highest BCUT2D eigenvalue weighted by Gasteiger charge is 2.43. The van der Waals surface area contributed by atoms with Gasteiger partial charge in [-0.3, -0.25) is 0 Å². The Balaban J connectivity index is 0.00000196. The largest absolute Gasteiger partial charge is 0.382 e. The third kappa shape index (κ3) is 6.78. The van der Waals surface area contributed by atoms with Crippen molar-refractivity contribution in [3.63, 3.8) is 0 Å². The van der Waals surface area contributed by atoms with E-state index < -0.39 is 18.0 Å². The van der Waals surface area contributed by atoms with Crippen LogP contribution in [0.1, 0.15) is 106 Å². The van der Waals surface area contributed by atoms with Gasteiger partial charge in [-0.25, -0.2) is 4.39 Å². The Morgan fingerprint density at radius 2 is 1.36 bits per heavy atom. The first kappa shape index (κ1) is 25.5. The van der Waals surface area contributed by atoms with Crippen molar-refractivity contribution in [3.8, 4) is 0 Å². The Bertz CT molecular complexity index is 486. The highest BCUT2D eigenvalue weighted by Crippen LogP contribution is 2.44. The third-order valence-electron chi connectivity index (χ3n) is 7.03. The highest BCUT2D eigenvalue weighted by molar-refractivity contribution is 5.18. The normalized spacial score (nSPS) is 34.4. The van der Waals surface area contributed by atoms with Gasteiger partial charge in [-0.05, 0) is 68.6 Å². The van der Waals surface area contributed by atoms with Crippen molar-refractivity contribution in [2.45, 2.75) is 118 Å². The first-order chi connectivity index (χ1) is 12.3. The summed E-state index contributed by atoms with van der Waals surface area (Å²) in [5.41, 5.74) is -0.371. The van der Waals surface area contributed by atoms with Crippen molar-refractivity contribution in [1.82, 2.24) is 0 Å². The molecular weight excluding hydrogens is 361 g/mol. The van der Waals surface area contributed by atoms with Gasteiger partial charge in [0.2, 0.25) is 0 Å². The Kier molecular flexibility index (Phi) is 10.1. The molecule has 0 heterocycles. The van der Waals surface area contributed by atoms with E-state index in [4.69, 9.17) is 4.74 Å². The van der Waals surface area contributed by atoms with Crippen LogP contribution >= 0.6 is 0 Å². The van der Waals surface area contributed by atoms with Gasteiger partial charge in [-0.15, -0.1) is 0 Å². The van der Waals surface area contributed by atoms with Crippen LogP contribution in [0.25, 0.3) is 0 Å². The predicted molar refractivity (Wildman–Crippen MR) is 112 cm³/mol. The Hall–Kier alpha value is -0.510. The van der Waals surface area contributed by atoms with Gasteiger partial charge in [-0.2, -0.15) is 8.78 Å². The molecule has 2 fully saturated rings. The Morgan fingerprint density at radius 3 is 1.89 bits per heavy atom. The maximum absolute atomic E-state index is 14.6. The maximum atomic E-state index is 14.6. The summed E-state index contributed by atoms with van der Waals surface area (Å²) in [7, 11) is 0. The molecule has 0 spiro atoms. The average Bonchev–Trinajstić information content (AvgIpc) is 2.59. The number of rotatable bonds is 5. The van der Waals surface area contributed by atoms with Crippen LogP contribution in [0.15, 0.2) is 11.4 Å². The van der Waals surface area contributed by atoms with Crippen LogP contribution in [0.4, 0.5) is 13.2 Å². The van der Waals surface area contributed by atoms with Gasteiger partial charge in [0.1, 0.15) is 5.83 Å². The summed E-state index contributed by atoms with van der Waals surface area (Å²) >= 11 is 0. The van der Waals surface area contributed by atoms with Crippen LogP contribution in [-0.4, -0.2) is 12.2 Å². The first-order valence-electron chi connectivity index (χ1n) is 10.8. The number of halogens is 3. The minimum absolute atomic E-state index is 0. The molecule has 3 aliphatic rings. The highest BCUT2D eigenvalue weighted by atomic mass is 19.3. The fourth-order valence-electron chi connectivity index (χ4n) is 5.13. The van der Waals surface area contributed by atoms with Crippen LogP contribution in [0.5, 0.6) is 0 Å². The van der Waals surface area contributed by atoms with Crippen LogP contribution in [0.2, 0.25) is 0 Å². The zero-order chi connectivity index (χ0) is 18.7. The number of allylic oxidation sites excluding steroid dienone is 1. The smallest absolute Gasteiger partial charge is 0.313 e. The molecular formula is C24H43F3O. The fraction of sp³-hybridized carbons (Fsp3) is 0.917. The van der Waals surface area contributed by atoms with Crippen molar-refractivity contribution < 1.29 is 17.9 Å². The lowest BCUT2D eigenvalue weighted by Gasteiger charge is -2.34. The second kappa shape index (κ2) is 11.0. The molecule has 1 nitrogen and oxygen atoms in total. The predicted octanol–water partition coefficient (Wildman–Crippen LogP) is 8.69. The molecule has 0 aliphatic heterocycles. The van der Waals surface area contributed by atoms with Crippen molar-refractivity contribution in [2.24, 2.45) is 23.7 Å². The van der Waals surface area contributed by atoms with E-state index in [-0.39, 0.29) is 39.2 Å². The van der Waals surface area contributed by atoms with Gasteiger partial charge in [0.25, 0.3) is 0 Å². The SMILES string of the molecule is C.C.CC1CCC(CC2CCC(C(F)(F)OC3CCC(C)CC3)=C(F)C2)CC1. The molecule has 3 aliphatic carbocycles. The molecule has 4 heteroatoms. The van der Waals surface area contributed by atoms with E-state index in [0.29, 0.717) is 31.1 Å². The van der Waals surface area contributed by atoms with Crippen LogP contribution < -0.4 is 0 Å². The van der Waals surface area contributed by atoms with Crippen molar-refractivity contribution >= 4 is 0 Å². The number of ether oxygens (including phenoxy) is 1. The van der Waals surface area contributed by atoms with E-state index >= 15 is 0 Å². The molecule has 28 heavy (non-hydrogen) atoms. The summed E-state index contributed by atoms with van der Waals surface area (Å²) in [6, 6.07) is 0. The lowest BCUT2D eigenvalue weighted by Crippen LogP contribution is -2.34. The van der Waals surface area contributed by atoms with E-state index in [9.17, 15) is 13.2 Å². The first-order valence-corrected chi connectivity index (χ1v) is 10.8. The van der Waals surface area contributed by atoms with Crippen molar-refractivity contribution in [2.75, 3.05) is 0 Å². The standard InChI is InChI=1S/C22H35F3O.2CH4/c1-15-3-7-17(8-4-15)13-18-9-12-20(21(23)14-18)22(24,25)26-19-10-5-16(2)6-11-19;;/h15-19H,3-14H2,1-2H3;2*1H4. The van der Waals surface area contributed by atoms with Crippen LogP contribution in [-0.2, 0) is 4.74 Å². The second-order valence-corrected chi connectivity index (χ2v) is 9.37. The minimum atomic E-state index is -3.43. The fourth-order valence-corrected chi connectivity index (χ4v) is 5.13. The monoisotopic (exact) mass is 404 g/mol. The molecule has 1 atom stereocenters. The van der Waals surface area contributed by atoms with E-state index in [1.54, 1.807) is 0 Å². The number of hydrogen-bond acceptors (Lipinski definition) is 1. The van der Waals surface area contributed by atoms with Gasteiger partial charge >= 0.3 is 6.11 Å². The van der Waals surface area contributed by atoms with E-state index in [1.165, 1.54) is 25.7 Å². The molecule has 0 aromatic heterocycles. The van der Waals surface area contributed by atoms with Gasteiger partial charge in [0, 0.05) is 6.42 Å².